The quantitative estimate of drug-likeness (QED) is 0.600. The van der Waals surface area contributed by atoms with E-state index >= 15 is 0 Å². The standard InChI is InChI=1S/C19H17N5O/c1-10-4-16(25-8-10)18-15(7-21-19(20)24-18)13-5-11(2)17-14(6-13)12(3)22-9-23-17/h4-9H,1-3H3,(H2,20,21,24). The first kappa shape index (κ1) is 15.3. The molecule has 0 saturated heterocycles. The summed E-state index contributed by atoms with van der Waals surface area (Å²) in [4.78, 5) is 17.3. The van der Waals surface area contributed by atoms with E-state index in [2.05, 4.69) is 32.1 Å². The lowest BCUT2D eigenvalue weighted by Crippen LogP contribution is -1.99. The van der Waals surface area contributed by atoms with Crippen LogP contribution < -0.4 is 5.73 Å². The van der Waals surface area contributed by atoms with Gasteiger partial charge in [-0.1, -0.05) is 0 Å². The second-order valence-electron chi connectivity index (χ2n) is 6.13. The van der Waals surface area contributed by atoms with Crippen molar-refractivity contribution in [3.8, 4) is 22.6 Å². The van der Waals surface area contributed by atoms with Crippen LogP contribution in [0.4, 0.5) is 5.95 Å². The monoisotopic (exact) mass is 331 g/mol. The molecule has 6 nitrogen and oxygen atoms in total. The Morgan fingerprint density at radius 1 is 1.00 bits per heavy atom. The SMILES string of the molecule is Cc1coc(-c2nc(N)ncc2-c2cc(C)c3ncnc(C)c3c2)c1. The molecule has 0 amide bonds. The van der Waals surface area contributed by atoms with Crippen molar-refractivity contribution in [2.75, 3.05) is 5.73 Å². The first-order chi connectivity index (χ1) is 12.0. The first-order valence-electron chi connectivity index (χ1n) is 7.93. The minimum atomic E-state index is 0.213. The van der Waals surface area contributed by atoms with Crippen LogP contribution in [0.3, 0.4) is 0 Å². The number of aromatic nitrogens is 4. The molecule has 0 fully saturated rings. The highest BCUT2D eigenvalue weighted by atomic mass is 16.3. The van der Waals surface area contributed by atoms with Gasteiger partial charge in [0.15, 0.2) is 5.76 Å². The summed E-state index contributed by atoms with van der Waals surface area (Å²) < 4.78 is 5.64. The van der Waals surface area contributed by atoms with Crippen LogP contribution in [0.2, 0.25) is 0 Å². The van der Waals surface area contributed by atoms with Gasteiger partial charge in [0.25, 0.3) is 0 Å². The van der Waals surface area contributed by atoms with Crippen molar-refractivity contribution < 1.29 is 4.42 Å². The molecule has 0 saturated carbocycles. The van der Waals surface area contributed by atoms with Crippen LogP contribution in [-0.2, 0) is 0 Å². The predicted molar refractivity (Wildman–Crippen MR) is 96.9 cm³/mol. The number of aryl methyl sites for hydroxylation is 3. The second-order valence-corrected chi connectivity index (χ2v) is 6.13. The first-order valence-corrected chi connectivity index (χ1v) is 7.93. The molecule has 0 unspecified atom stereocenters. The summed E-state index contributed by atoms with van der Waals surface area (Å²) in [7, 11) is 0. The van der Waals surface area contributed by atoms with Crippen LogP contribution in [0.5, 0.6) is 0 Å². The van der Waals surface area contributed by atoms with Crippen LogP contribution in [0.15, 0.2) is 41.4 Å². The lowest BCUT2D eigenvalue weighted by molar-refractivity contribution is 0.578. The highest BCUT2D eigenvalue weighted by Crippen LogP contribution is 2.34. The van der Waals surface area contributed by atoms with Gasteiger partial charge >= 0.3 is 0 Å². The maximum absolute atomic E-state index is 5.81. The Bertz CT molecular complexity index is 1100. The molecule has 3 heterocycles. The number of nitrogens with two attached hydrogens (primary N) is 1. The Morgan fingerprint density at radius 2 is 1.84 bits per heavy atom. The minimum Gasteiger partial charge on any atom is -0.462 e. The Hall–Kier alpha value is -3.28. The number of nitrogens with zero attached hydrogens (tertiary/aromatic N) is 4. The normalized spacial score (nSPS) is 11.2. The fraction of sp³-hybridized carbons (Fsp3) is 0.158. The van der Waals surface area contributed by atoms with Crippen LogP contribution in [0.1, 0.15) is 16.8 Å². The molecule has 0 aliphatic carbocycles. The Balaban J connectivity index is 1.99. The summed E-state index contributed by atoms with van der Waals surface area (Å²) in [5, 5.41) is 1.01. The molecule has 4 rings (SSSR count). The number of hydrogen-bond acceptors (Lipinski definition) is 6. The number of nitrogen functional groups attached to an aromatic ring is 1. The number of fused-ring (bicyclic) bond motifs is 1. The molecule has 0 aliphatic heterocycles. The van der Waals surface area contributed by atoms with Gasteiger partial charge in [-0.3, -0.25) is 0 Å². The van der Waals surface area contributed by atoms with E-state index in [0.717, 1.165) is 38.9 Å². The summed E-state index contributed by atoms with van der Waals surface area (Å²) in [6.45, 7) is 5.98. The van der Waals surface area contributed by atoms with Crippen LogP contribution in [0, 0.1) is 20.8 Å². The third-order valence-electron chi connectivity index (χ3n) is 4.21. The largest absolute Gasteiger partial charge is 0.462 e. The lowest BCUT2D eigenvalue weighted by Gasteiger charge is -2.11. The lowest BCUT2D eigenvalue weighted by atomic mass is 9.98. The molecular weight excluding hydrogens is 314 g/mol. The fourth-order valence-corrected chi connectivity index (χ4v) is 2.97. The van der Waals surface area contributed by atoms with Gasteiger partial charge in [-0.2, -0.15) is 0 Å². The number of furan rings is 1. The summed E-state index contributed by atoms with van der Waals surface area (Å²) >= 11 is 0. The van der Waals surface area contributed by atoms with Crippen molar-refractivity contribution in [3.63, 3.8) is 0 Å². The van der Waals surface area contributed by atoms with Crippen LogP contribution in [0.25, 0.3) is 33.5 Å². The van der Waals surface area contributed by atoms with Crippen LogP contribution >= 0.6 is 0 Å². The summed E-state index contributed by atoms with van der Waals surface area (Å²) in [5.41, 5.74) is 12.3. The van der Waals surface area contributed by atoms with Crippen molar-refractivity contribution in [1.29, 1.82) is 0 Å². The smallest absolute Gasteiger partial charge is 0.220 e. The number of hydrogen-bond donors (Lipinski definition) is 1. The number of benzene rings is 1. The van der Waals surface area contributed by atoms with Crippen molar-refractivity contribution >= 4 is 16.9 Å². The number of rotatable bonds is 2. The maximum Gasteiger partial charge on any atom is 0.220 e. The van der Waals surface area contributed by atoms with Gasteiger partial charge < -0.3 is 10.2 Å². The van der Waals surface area contributed by atoms with E-state index in [0.29, 0.717) is 11.5 Å². The minimum absolute atomic E-state index is 0.213. The van der Waals surface area contributed by atoms with Crippen LogP contribution in [-0.4, -0.2) is 19.9 Å². The van der Waals surface area contributed by atoms with E-state index in [-0.39, 0.29) is 5.95 Å². The van der Waals surface area contributed by atoms with Gasteiger partial charge in [-0.25, -0.2) is 19.9 Å². The van der Waals surface area contributed by atoms with Crippen molar-refractivity contribution in [2.45, 2.75) is 20.8 Å². The molecule has 4 aromatic rings. The van der Waals surface area contributed by atoms with Gasteiger partial charge in [-0.15, -0.1) is 0 Å². The molecule has 0 aliphatic rings. The zero-order chi connectivity index (χ0) is 17.6. The van der Waals surface area contributed by atoms with Crippen molar-refractivity contribution in [3.05, 3.63) is 53.8 Å². The third kappa shape index (κ3) is 2.61. The van der Waals surface area contributed by atoms with E-state index in [1.807, 2.05) is 26.8 Å². The zero-order valence-corrected chi connectivity index (χ0v) is 14.2. The molecule has 1 aromatic carbocycles. The highest BCUT2D eigenvalue weighted by Gasteiger charge is 2.16. The maximum atomic E-state index is 5.81. The Labute approximate surface area is 144 Å². The fourth-order valence-electron chi connectivity index (χ4n) is 2.97. The summed E-state index contributed by atoms with van der Waals surface area (Å²) in [6, 6.07) is 6.07. The molecule has 0 radical (unpaired) electrons. The van der Waals surface area contributed by atoms with Gasteiger partial charge in [0.1, 0.15) is 12.0 Å². The van der Waals surface area contributed by atoms with Gasteiger partial charge in [0.2, 0.25) is 5.95 Å². The van der Waals surface area contributed by atoms with Crippen molar-refractivity contribution in [2.24, 2.45) is 0 Å². The van der Waals surface area contributed by atoms with E-state index < -0.39 is 0 Å². The van der Waals surface area contributed by atoms with E-state index in [1.165, 1.54) is 0 Å². The average Bonchev–Trinajstić information content (AvgIpc) is 3.02. The average molecular weight is 331 g/mol. The molecule has 6 heteroatoms. The van der Waals surface area contributed by atoms with E-state index in [9.17, 15) is 0 Å². The predicted octanol–water partition coefficient (Wildman–Crippen LogP) is 3.85. The highest BCUT2D eigenvalue weighted by molar-refractivity contribution is 5.91. The summed E-state index contributed by atoms with van der Waals surface area (Å²) in [5.74, 6) is 0.880. The van der Waals surface area contributed by atoms with E-state index in [4.69, 9.17) is 10.2 Å². The zero-order valence-electron chi connectivity index (χ0n) is 14.2. The summed E-state index contributed by atoms with van der Waals surface area (Å²) in [6.07, 6.45) is 5.02. The molecule has 0 bridgehead atoms. The molecular formula is C19H17N5O. The van der Waals surface area contributed by atoms with Crippen molar-refractivity contribution in [1.82, 2.24) is 19.9 Å². The number of anilines is 1. The molecule has 0 spiro atoms. The molecule has 124 valence electrons. The molecule has 2 N–H and O–H groups in total. The van der Waals surface area contributed by atoms with Gasteiger partial charge in [0, 0.05) is 22.8 Å². The molecule has 0 atom stereocenters. The molecule has 3 aromatic heterocycles. The third-order valence-corrected chi connectivity index (χ3v) is 4.21. The van der Waals surface area contributed by atoms with Gasteiger partial charge in [-0.05, 0) is 55.7 Å². The molecule has 25 heavy (non-hydrogen) atoms. The van der Waals surface area contributed by atoms with Gasteiger partial charge in [0.05, 0.1) is 11.8 Å². The van der Waals surface area contributed by atoms with E-state index in [1.54, 1.807) is 18.8 Å². The second kappa shape index (κ2) is 5.66. The Morgan fingerprint density at radius 3 is 2.60 bits per heavy atom. The Kier molecular flexibility index (Phi) is 3.46. The topological polar surface area (TPSA) is 90.7 Å².